The minimum absolute atomic E-state index is 0.0258. The molecule has 5 heteroatoms. The Kier molecular flexibility index (Phi) is 3.34. The van der Waals surface area contributed by atoms with Gasteiger partial charge in [-0.1, -0.05) is 18.2 Å². The van der Waals surface area contributed by atoms with Crippen LogP contribution in [-0.2, 0) is 6.61 Å². The molecule has 0 aliphatic carbocycles. The Morgan fingerprint density at radius 2 is 2.06 bits per heavy atom. The van der Waals surface area contributed by atoms with E-state index in [4.69, 9.17) is 16.7 Å². The molecule has 0 aliphatic heterocycles. The molecule has 0 atom stereocenters. The summed E-state index contributed by atoms with van der Waals surface area (Å²) in [5.41, 5.74) is 1.61. The molecule has 0 spiro atoms. The molecule has 0 unspecified atom stereocenters. The molecule has 1 heterocycles. The van der Waals surface area contributed by atoms with Gasteiger partial charge in [0.05, 0.1) is 6.61 Å². The van der Waals surface area contributed by atoms with Crippen LogP contribution >= 0.6 is 11.6 Å². The maximum absolute atomic E-state index is 9.15. The number of hydrogen-bond acceptors (Lipinski definition) is 4. The summed E-state index contributed by atoms with van der Waals surface area (Å²) in [5, 5.41) is 12.4. The summed E-state index contributed by atoms with van der Waals surface area (Å²) >= 11 is 5.67. The van der Waals surface area contributed by atoms with Crippen molar-refractivity contribution in [3.05, 3.63) is 47.4 Å². The summed E-state index contributed by atoms with van der Waals surface area (Å²) in [5.74, 6) is 0.598. The van der Waals surface area contributed by atoms with Crippen LogP contribution in [0.15, 0.2) is 36.5 Å². The van der Waals surface area contributed by atoms with Gasteiger partial charge in [-0.2, -0.15) is 0 Å². The van der Waals surface area contributed by atoms with Crippen LogP contribution in [0.4, 0.5) is 11.5 Å². The fraction of sp³-hybridized carbons (Fsp3) is 0.0909. The van der Waals surface area contributed by atoms with Gasteiger partial charge in [-0.15, -0.1) is 0 Å². The number of anilines is 2. The van der Waals surface area contributed by atoms with Crippen molar-refractivity contribution in [3.63, 3.8) is 0 Å². The van der Waals surface area contributed by atoms with Crippen LogP contribution < -0.4 is 5.32 Å². The summed E-state index contributed by atoms with van der Waals surface area (Å²) in [7, 11) is 0. The highest BCUT2D eigenvalue weighted by molar-refractivity contribution is 6.28. The van der Waals surface area contributed by atoms with E-state index in [2.05, 4.69) is 15.3 Å². The maximum atomic E-state index is 9.15. The molecule has 1 aromatic heterocycles. The Bertz CT molecular complexity index is 490. The second kappa shape index (κ2) is 4.92. The van der Waals surface area contributed by atoms with Crippen molar-refractivity contribution in [2.24, 2.45) is 0 Å². The van der Waals surface area contributed by atoms with Crippen LogP contribution in [0.25, 0.3) is 0 Å². The lowest BCUT2D eigenvalue weighted by Gasteiger charge is -2.09. The molecule has 0 fully saturated rings. The van der Waals surface area contributed by atoms with Gasteiger partial charge < -0.3 is 10.4 Å². The monoisotopic (exact) mass is 235 g/mol. The fourth-order valence-electron chi connectivity index (χ4n) is 1.32. The zero-order valence-corrected chi connectivity index (χ0v) is 9.15. The highest BCUT2D eigenvalue weighted by Gasteiger charge is 2.02. The van der Waals surface area contributed by atoms with Gasteiger partial charge in [0.15, 0.2) is 0 Å². The van der Waals surface area contributed by atoms with Gasteiger partial charge in [-0.25, -0.2) is 9.97 Å². The second-order valence-electron chi connectivity index (χ2n) is 3.15. The van der Waals surface area contributed by atoms with Crippen LogP contribution in [0.5, 0.6) is 0 Å². The van der Waals surface area contributed by atoms with E-state index < -0.39 is 0 Å². The first-order chi connectivity index (χ1) is 7.79. The van der Waals surface area contributed by atoms with Crippen molar-refractivity contribution in [2.45, 2.75) is 6.61 Å². The molecule has 2 rings (SSSR count). The first-order valence-corrected chi connectivity index (χ1v) is 5.12. The van der Waals surface area contributed by atoms with Crippen LogP contribution in [0.1, 0.15) is 5.56 Å². The number of aliphatic hydroxyl groups excluding tert-OH is 1. The van der Waals surface area contributed by atoms with Crippen molar-refractivity contribution in [3.8, 4) is 0 Å². The lowest BCUT2D eigenvalue weighted by atomic mass is 10.2. The Hall–Kier alpha value is -1.65. The highest BCUT2D eigenvalue weighted by Crippen LogP contribution is 2.19. The fourth-order valence-corrected chi connectivity index (χ4v) is 1.47. The standard InChI is InChI=1S/C11H10ClN3O/c12-11-13-6-5-10(15-11)14-9-4-2-1-3-8(9)7-16/h1-6,16H,7H2,(H,13,14,15). The van der Waals surface area contributed by atoms with Crippen LogP contribution in [0.3, 0.4) is 0 Å². The van der Waals surface area contributed by atoms with Gasteiger partial charge in [0.2, 0.25) is 5.28 Å². The quantitative estimate of drug-likeness (QED) is 0.802. The number of para-hydroxylation sites is 1. The molecule has 0 bridgehead atoms. The van der Waals surface area contributed by atoms with Crippen LogP contribution in [0.2, 0.25) is 5.28 Å². The summed E-state index contributed by atoms with van der Waals surface area (Å²) in [6.07, 6.45) is 1.57. The summed E-state index contributed by atoms with van der Waals surface area (Å²) in [6.45, 7) is -0.0258. The summed E-state index contributed by atoms with van der Waals surface area (Å²) in [4.78, 5) is 7.79. The summed E-state index contributed by atoms with van der Waals surface area (Å²) < 4.78 is 0. The number of hydrogen-bond donors (Lipinski definition) is 2. The number of aliphatic hydroxyl groups is 1. The third-order valence-corrected chi connectivity index (χ3v) is 2.26. The third kappa shape index (κ3) is 2.48. The minimum atomic E-state index is -0.0258. The number of nitrogens with zero attached hydrogens (tertiary/aromatic N) is 2. The Balaban J connectivity index is 2.26. The topological polar surface area (TPSA) is 58.0 Å². The average Bonchev–Trinajstić information content (AvgIpc) is 2.30. The molecule has 2 N–H and O–H groups in total. The number of benzene rings is 1. The molecule has 2 aromatic rings. The number of rotatable bonds is 3. The Morgan fingerprint density at radius 3 is 2.81 bits per heavy atom. The molecule has 82 valence electrons. The molecule has 0 aliphatic rings. The zero-order chi connectivity index (χ0) is 11.4. The van der Waals surface area contributed by atoms with E-state index in [1.54, 1.807) is 12.3 Å². The van der Waals surface area contributed by atoms with Gasteiger partial charge in [0, 0.05) is 17.4 Å². The van der Waals surface area contributed by atoms with Gasteiger partial charge >= 0.3 is 0 Å². The van der Waals surface area contributed by atoms with E-state index in [1.165, 1.54) is 0 Å². The van der Waals surface area contributed by atoms with Crippen molar-refractivity contribution in [1.82, 2.24) is 9.97 Å². The van der Waals surface area contributed by atoms with E-state index in [0.717, 1.165) is 11.3 Å². The largest absolute Gasteiger partial charge is 0.392 e. The van der Waals surface area contributed by atoms with Crippen molar-refractivity contribution in [1.29, 1.82) is 0 Å². The van der Waals surface area contributed by atoms with E-state index in [0.29, 0.717) is 5.82 Å². The molecule has 4 nitrogen and oxygen atoms in total. The van der Waals surface area contributed by atoms with Crippen molar-refractivity contribution in [2.75, 3.05) is 5.32 Å². The van der Waals surface area contributed by atoms with Gasteiger partial charge in [0.25, 0.3) is 0 Å². The molecule has 0 saturated heterocycles. The normalized spacial score (nSPS) is 10.1. The van der Waals surface area contributed by atoms with E-state index >= 15 is 0 Å². The first kappa shape index (κ1) is 10.9. The van der Waals surface area contributed by atoms with Gasteiger partial charge in [-0.05, 0) is 23.7 Å². The smallest absolute Gasteiger partial charge is 0.224 e. The minimum Gasteiger partial charge on any atom is -0.392 e. The molecular formula is C11H10ClN3O. The van der Waals surface area contributed by atoms with E-state index in [-0.39, 0.29) is 11.9 Å². The van der Waals surface area contributed by atoms with E-state index in [1.807, 2.05) is 24.3 Å². The first-order valence-electron chi connectivity index (χ1n) is 4.74. The SMILES string of the molecule is OCc1ccccc1Nc1ccnc(Cl)n1. The molecule has 0 radical (unpaired) electrons. The van der Waals surface area contributed by atoms with Crippen LogP contribution in [-0.4, -0.2) is 15.1 Å². The molecule has 1 aromatic carbocycles. The Labute approximate surface area is 97.9 Å². The second-order valence-corrected chi connectivity index (χ2v) is 3.49. The zero-order valence-electron chi connectivity index (χ0n) is 8.39. The number of halogens is 1. The molecule has 0 amide bonds. The van der Waals surface area contributed by atoms with Gasteiger partial charge in [-0.3, -0.25) is 0 Å². The third-order valence-electron chi connectivity index (χ3n) is 2.08. The predicted octanol–water partition coefficient (Wildman–Crippen LogP) is 2.37. The average molecular weight is 236 g/mol. The Morgan fingerprint density at radius 1 is 1.25 bits per heavy atom. The maximum Gasteiger partial charge on any atom is 0.224 e. The number of aromatic nitrogens is 2. The molecule has 16 heavy (non-hydrogen) atoms. The lowest BCUT2D eigenvalue weighted by molar-refractivity contribution is 0.282. The van der Waals surface area contributed by atoms with Crippen molar-refractivity contribution < 1.29 is 5.11 Å². The number of nitrogens with one attached hydrogen (secondary N) is 1. The lowest BCUT2D eigenvalue weighted by Crippen LogP contribution is -1.98. The molecule has 0 saturated carbocycles. The van der Waals surface area contributed by atoms with Gasteiger partial charge in [0.1, 0.15) is 5.82 Å². The van der Waals surface area contributed by atoms with E-state index in [9.17, 15) is 0 Å². The predicted molar refractivity (Wildman–Crippen MR) is 62.7 cm³/mol. The van der Waals surface area contributed by atoms with Crippen LogP contribution in [0, 0.1) is 0 Å². The highest BCUT2D eigenvalue weighted by atomic mass is 35.5. The molecular weight excluding hydrogens is 226 g/mol. The van der Waals surface area contributed by atoms with Crippen molar-refractivity contribution >= 4 is 23.1 Å². The summed E-state index contributed by atoms with van der Waals surface area (Å²) in [6, 6.07) is 9.15.